The number of nitrogens with zero attached hydrogens (tertiary/aromatic N) is 2. The molecule has 1 heterocycles. The first-order valence-electron chi connectivity index (χ1n) is 22.3. The Hall–Kier alpha value is -8.20. The Morgan fingerprint density at radius 1 is 0.328 bits per heavy atom. The highest BCUT2D eigenvalue weighted by Gasteiger charge is 2.51. The monoisotopic (exact) mass is 814 g/mol. The molecule has 10 aromatic rings. The third-order valence-corrected chi connectivity index (χ3v) is 13.9. The van der Waals surface area contributed by atoms with Gasteiger partial charge in [-0.25, -0.2) is 0 Å². The van der Waals surface area contributed by atoms with Gasteiger partial charge in [0, 0.05) is 22.7 Å². The third-order valence-electron chi connectivity index (χ3n) is 13.9. The highest BCUT2D eigenvalue weighted by molar-refractivity contribution is 5.97. The van der Waals surface area contributed by atoms with Crippen LogP contribution in [0.15, 0.2) is 243 Å². The van der Waals surface area contributed by atoms with E-state index in [9.17, 15) is 0 Å². The molecule has 0 unspecified atom stereocenters. The van der Waals surface area contributed by atoms with Crippen LogP contribution >= 0.6 is 0 Å². The van der Waals surface area contributed by atoms with Crippen LogP contribution in [0.4, 0.5) is 34.1 Å². The van der Waals surface area contributed by atoms with Gasteiger partial charge in [-0.05, 0) is 145 Å². The lowest BCUT2D eigenvalue weighted by Crippen LogP contribution is -2.36. The van der Waals surface area contributed by atoms with Crippen molar-refractivity contribution in [2.45, 2.75) is 11.8 Å². The van der Waals surface area contributed by atoms with Crippen molar-refractivity contribution in [1.29, 1.82) is 0 Å². The standard InChI is InChI=1S/C62H42N2/c1-3-16-42(17-4-1)43-30-34-47(35-31-43)63(48-36-32-44(33-37-48)50-23-15-24-52-51-21-8-7-18-45(51)40-54(50)52)49-38-39-57-55(41-49)53-22-9-10-25-56(53)62(57)58-26-11-13-28-60(58)64(46-19-5-2-6-20-46)61-29-14-12-27-59(61)62/h1-39,41H,40H2. The van der Waals surface area contributed by atoms with Crippen molar-refractivity contribution in [3.05, 3.63) is 276 Å². The molecule has 10 aromatic carbocycles. The van der Waals surface area contributed by atoms with Gasteiger partial charge in [0.05, 0.1) is 16.8 Å². The summed E-state index contributed by atoms with van der Waals surface area (Å²) >= 11 is 0. The van der Waals surface area contributed by atoms with Gasteiger partial charge >= 0.3 is 0 Å². The molecule has 2 aliphatic carbocycles. The van der Waals surface area contributed by atoms with E-state index in [0.717, 1.165) is 29.2 Å². The SMILES string of the molecule is c1ccc(-c2ccc(N(c3ccc(-c4cccc5c4Cc4ccccc4-5)cc3)c3ccc4c(c3)-c3ccccc3C43c4ccccc4N(c4ccccc4)c4ccccc43)cc2)cc1. The molecule has 0 aromatic heterocycles. The second-order valence-corrected chi connectivity index (χ2v) is 17.2. The molecular formula is C62H42N2. The van der Waals surface area contributed by atoms with Gasteiger partial charge in [0.25, 0.3) is 0 Å². The fourth-order valence-corrected chi connectivity index (χ4v) is 11.2. The molecule has 0 bridgehead atoms. The van der Waals surface area contributed by atoms with Crippen LogP contribution in [-0.2, 0) is 11.8 Å². The third kappa shape index (κ3) is 5.39. The van der Waals surface area contributed by atoms with Crippen molar-refractivity contribution in [2.75, 3.05) is 9.80 Å². The minimum Gasteiger partial charge on any atom is -0.310 e. The summed E-state index contributed by atoms with van der Waals surface area (Å²) in [6.07, 6.45) is 0.959. The van der Waals surface area contributed by atoms with Gasteiger partial charge in [-0.1, -0.05) is 182 Å². The summed E-state index contributed by atoms with van der Waals surface area (Å²) in [6, 6.07) is 89.7. The van der Waals surface area contributed by atoms with E-state index in [-0.39, 0.29) is 0 Å². The molecule has 0 N–H and O–H groups in total. The zero-order valence-corrected chi connectivity index (χ0v) is 35.2. The van der Waals surface area contributed by atoms with E-state index in [1.54, 1.807) is 0 Å². The summed E-state index contributed by atoms with van der Waals surface area (Å²) in [7, 11) is 0. The number of rotatable bonds is 6. The van der Waals surface area contributed by atoms with Crippen molar-refractivity contribution >= 4 is 34.1 Å². The Morgan fingerprint density at radius 2 is 0.828 bits per heavy atom. The summed E-state index contributed by atoms with van der Waals surface area (Å²) in [5, 5.41) is 0. The van der Waals surface area contributed by atoms with Crippen LogP contribution in [0.3, 0.4) is 0 Å². The van der Waals surface area contributed by atoms with Crippen molar-refractivity contribution < 1.29 is 0 Å². The number of para-hydroxylation sites is 3. The zero-order valence-electron chi connectivity index (χ0n) is 35.2. The molecule has 1 spiro atoms. The summed E-state index contributed by atoms with van der Waals surface area (Å²) < 4.78 is 0. The van der Waals surface area contributed by atoms with E-state index in [4.69, 9.17) is 0 Å². The average Bonchev–Trinajstić information content (AvgIpc) is 3.89. The summed E-state index contributed by atoms with van der Waals surface area (Å²) in [5.41, 5.74) is 24.6. The van der Waals surface area contributed by atoms with Gasteiger partial charge < -0.3 is 9.80 Å². The molecule has 0 amide bonds. The first-order chi connectivity index (χ1) is 31.8. The molecule has 2 nitrogen and oxygen atoms in total. The minimum atomic E-state index is -0.512. The van der Waals surface area contributed by atoms with E-state index < -0.39 is 5.41 Å². The maximum Gasteiger partial charge on any atom is 0.0754 e. The summed E-state index contributed by atoms with van der Waals surface area (Å²) in [5.74, 6) is 0. The molecular weight excluding hydrogens is 773 g/mol. The molecule has 1 aliphatic heterocycles. The van der Waals surface area contributed by atoms with E-state index in [1.807, 2.05) is 0 Å². The molecule has 13 rings (SSSR count). The fraction of sp³-hybridized carbons (Fsp3) is 0.0323. The van der Waals surface area contributed by atoms with Gasteiger partial charge in [0.1, 0.15) is 0 Å². The zero-order chi connectivity index (χ0) is 42.2. The van der Waals surface area contributed by atoms with Gasteiger partial charge in [-0.2, -0.15) is 0 Å². The number of hydrogen-bond donors (Lipinski definition) is 0. The van der Waals surface area contributed by atoms with Crippen molar-refractivity contribution in [2.24, 2.45) is 0 Å². The molecule has 0 fully saturated rings. The second-order valence-electron chi connectivity index (χ2n) is 17.2. The first kappa shape index (κ1) is 36.5. The molecule has 0 saturated carbocycles. The van der Waals surface area contributed by atoms with E-state index in [0.29, 0.717) is 0 Å². The largest absolute Gasteiger partial charge is 0.310 e. The average molecular weight is 815 g/mol. The van der Waals surface area contributed by atoms with Gasteiger partial charge in [-0.15, -0.1) is 0 Å². The Balaban J connectivity index is 0.980. The minimum absolute atomic E-state index is 0.512. The van der Waals surface area contributed by atoms with Crippen LogP contribution in [0, 0.1) is 0 Å². The predicted molar refractivity (Wildman–Crippen MR) is 266 cm³/mol. The Bertz CT molecular complexity index is 3360. The Kier molecular flexibility index (Phi) is 8.23. The van der Waals surface area contributed by atoms with Crippen LogP contribution in [-0.4, -0.2) is 0 Å². The number of hydrogen-bond acceptors (Lipinski definition) is 2. The van der Waals surface area contributed by atoms with Crippen molar-refractivity contribution in [1.82, 2.24) is 0 Å². The van der Waals surface area contributed by atoms with Gasteiger partial charge in [0.15, 0.2) is 0 Å². The molecule has 0 saturated heterocycles. The Labute approximate surface area is 374 Å². The van der Waals surface area contributed by atoms with Crippen LogP contribution in [0.1, 0.15) is 33.4 Å². The number of fused-ring (bicyclic) bond motifs is 12. The number of anilines is 6. The van der Waals surface area contributed by atoms with Crippen LogP contribution < -0.4 is 9.80 Å². The predicted octanol–water partition coefficient (Wildman–Crippen LogP) is 16.2. The molecule has 2 heteroatoms. The first-order valence-corrected chi connectivity index (χ1v) is 22.3. The van der Waals surface area contributed by atoms with Crippen molar-refractivity contribution in [3.63, 3.8) is 0 Å². The quantitative estimate of drug-likeness (QED) is 0.165. The van der Waals surface area contributed by atoms with Gasteiger partial charge in [0.2, 0.25) is 0 Å². The van der Waals surface area contributed by atoms with Crippen LogP contribution in [0.25, 0.3) is 44.5 Å². The number of benzene rings is 10. The maximum absolute atomic E-state index is 2.44. The smallest absolute Gasteiger partial charge is 0.0754 e. The van der Waals surface area contributed by atoms with Crippen LogP contribution in [0.2, 0.25) is 0 Å². The lowest BCUT2D eigenvalue weighted by molar-refractivity contribution is 0.752. The molecule has 64 heavy (non-hydrogen) atoms. The second kappa shape index (κ2) is 14.4. The van der Waals surface area contributed by atoms with E-state index in [1.165, 1.54) is 89.3 Å². The lowest BCUT2D eigenvalue weighted by atomic mass is 9.64. The highest BCUT2D eigenvalue weighted by atomic mass is 15.2. The van der Waals surface area contributed by atoms with E-state index in [2.05, 4.69) is 252 Å². The van der Waals surface area contributed by atoms with Crippen LogP contribution in [0.5, 0.6) is 0 Å². The lowest BCUT2D eigenvalue weighted by Gasteiger charge is -2.45. The molecule has 0 atom stereocenters. The molecule has 300 valence electrons. The summed E-state index contributed by atoms with van der Waals surface area (Å²) in [4.78, 5) is 4.87. The maximum atomic E-state index is 2.44. The normalized spacial score (nSPS) is 13.3. The highest BCUT2D eigenvalue weighted by Crippen LogP contribution is 2.64. The topological polar surface area (TPSA) is 6.48 Å². The van der Waals surface area contributed by atoms with Gasteiger partial charge in [-0.3, -0.25) is 0 Å². The molecule has 3 aliphatic rings. The summed E-state index contributed by atoms with van der Waals surface area (Å²) in [6.45, 7) is 0. The molecule has 0 radical (unpaired) electrons. The van der Waals surface area contributed by atoms with Crippen molar-refractivity contribution in [3.8, 4) is 44.5 Å². The Morgan fingerprint density at radius 3 is 1.53 bits per heavy atom. The van der Waals surface area contributed by atoms with E-state index >= 15 is 0 Å². The fourth-order valence-electron chi connectivity index (χ4n) is 11.2.